The lowest BCUT2D eigenvalue weighted by Crippen LogP contribution is -2.21. The van der Waals surface area contributed by atoms with Gasteiger partial charge in [0.2, 0.25) is 17.8 Å². The number of anilines is 5. The summed E-state index contributed by atoms with van der Waals surface area (Å²) in [6.45, 7) is 6.62. The fraction of sp³-hybridized carbons (Fsp3) is 0.318. The molecule has 2 heterocycles. The van der Waals surface area contributed by atoms with Gasteiger partial charge in [0.25, 0.3) is 0 Å². The van der Waals surface area contributed by atoms with E-state index in [1.807, 2.05) is 43.3 Å². The average Bonchev–Trinajstić information content (AvgIpc) is 3.25. The SMILES string of the molecule is CCOc1ccc(Nc2nc(Nc3cccc(C)c3)nc(N3CCCC3)n2)cc1.Cl. The molecule has 0 aliphatic carbocycles. The molecule has 2 N–H and O–H groups in total. The Balaban J connectivity index is 0.00000256. The van der Waals surface area contributed by atoms with Crippen molar-refractivity contribution in [1.82, 2.24) is 15.0 Å². The van der Waals surface area contributed by atoms with Gasteiger partial charge in [0.15, 0.2) is 0 Å². The van der Waals surface area contributed by atoms with Gasteiger partial charge in [0.1, 0.15) is 5.75 Å². The van der Waals surface area contributed by atoms with Crippen molar-refractivity contribution < 1.29 is 4.74 Å². The van der Waals surface area contributed by atoms with Gasteiger partial charge >= 0.3 is 0 Å². The predicted octanol–water partition coefficient (Wildman–Crippen LogP) is 5.09. The highest BCUT2D eigenvalue weighted by atomic mass is 35.5. The monoisotopic (exact) mass is 426 g/mol. The lowest BCUT2D eigenvalue weighted by molar-refractivity contribution is 0.340. The number of aryl methyl sites for hydroxylation is 1. The van der Waals surface area contributed by atoms with Gasteiger partial charge in [0.05, 0.1) is 6.61 Å². The lowest BCUT2D eigenvalue weighted by Gasteiger charge is -2.17. The van der Waals surface area contributed by atoms with Crippen LogP contribution in [0.5, 0.6) is 5.75 Å². The number of hydrogen-bond donors (Lipinski definition) is 2. The third-order valence-electron chi connectivity index (χ3n) is 4.71. The van der Waals surface area contributed by atoms with Crippen molar-refractivity contribution >= 4 is 41.6 Å². The summed E-state index contributed by atoms with van der Waals surface area (Å²) in [5.41, 5.74) is 3.03. The van der Waals surface area contributed by atoms with E-state index in [1.165, 1.54) is 5.56 Å². The van der Waals surface area contributed by atoms with Gasteiger partial charge < -0.3 is 20.3 Å². The third kappa shape index (κ3) is 5.51. The molecule has 0 amide bonds. The van der Waals surface area contributed by atoms with Gasteiger partial charge in [-0.05, 0) is 68.7 Å². The minimum Gasteiger partial charge on any atom is -0.494 e. The summed E-state index contributed by atoms with van der Waals surface area (Å²) in [5, 5.41) is 6.60. The van der Waals surface area contributed by atoms with Crippen molar-refractivity contribution in [3.8, 4) is 5.75 Å². The molecule has 1 aliphatic heterocycles. The highest BCUT2D eigenvalue weighted by molar-refractivity contribution is 5.85. The molecule has 0 bridgehead atoms. The molecule has 2 aromatic carbocycles. The zero-order chi connectivity index (χ0) is 20.1. The topological polar surface area (TPSA) is 75.2 Å². The molecule has 1 aliphatic rings. The molecular formula is C22H27ClN6O. The van der Waals surface area contributed by atoms with Crippen molar-refractivity contribution in [3.05, 3.63) is 54.1 Å². The lowest BCUT2D eigenvalue weighted by atomic mass is 10.2. The second-order valence-electron chi connectivity index (χ2n) is 7.05. The average molecular weight is 427 g/mol. The highest BCUT2D eigenvalue weighted by Crippen LogP contribution is 2.24. The van der Waals surface area contributed by atoms with Gasteiger partial charge in [-0.1, -0.05) is 12.1 Å². The van der Waals surface area contributed by atoms with E-state index in [-0.39, 0.29) is 12.4 Å². The maximum Gasteiger partial charge on any atom is 0.233 e. The first-order valence-electron chi connectivity index (χ1n) is 10.0. The first kappa shape index (κ1) is 21.6. The second-order valence-corrected chi connectivity index (χ2v) is 7.05. The Morgan fingerprint density at radius 2 is 1.57 bits per heavy atom. The van der Waals surface area contributed by atoms with Gasteiger partial charge in [0, 0.05) is 24.5 Å². The molecule has 158 valence electrons. The fourth-order valence-electron chi connectivity index (χ4n) is 3.32. The van der Waals surface area contributed by atoms with E-state index in [1.54, 1.807) is 0 Å². The van der Waals surface area contributed by atoms with Crippen LogP contribution in [0.2, 0.25) is 0 Å². The minimum absolute atomic E-state index is 0. The van der Waals surface area contributed by atoms with Crippen LogP contribution in [0.1, 0.15) is 25.3 Å². The van der Waals surface area contributed by atoms with Gasteiger partial charge in [-0.15, -0.1) is 12.4 Å². The van der Waals surface area contributed by atoms with Crippen molar-refractivity contribution in [1.29, 1.82) is 0 Å². The van der Waals surface area contributed by atoms with Crippen LogP contribution in [-0.2, 0) is 0 Å². The second kappa shape index (κ2) is 10.1. The number of halogens is 1. The first-order chi connectivity index (χ1) is 14.2. The minimum atomic E-state index is 0. The van der Waals surface area contributed by atoms with E-state index in [2.05, 4.69) is 49.5 Å². The van der Waals surface area contributed by atoms with Crippen LogP contribution in [0.15, 0.2) is 48.5 Å². The molecule has 30 heavy (non-hydrogen) atoms. The standard InChI is InChI=1S/C22H26N6O.ClH/c1-3-29-19-11-9-17(10-12-19)23-20-25-21(24-18-8-6-7-16(2)15-18)27-22(26-20)28-13-4-5-14-28;/h6-12,15H,3-5,13-14H2,1-2H3,(H2,23,24,25,26,27);1H. The Bertz CT molecular complexity index is 960. The molecule has 3 aromatic rings. The van der Waals surface area contributed by atoms with Crippen LogP contribution >= 0.6 is 12.4 Å². The maximum absolute atomic E-state index is 5.51. The Morgan fingerprint density at radius 1 is 0.900 bits per heavy atom. The van der Waals surface area contributed by atoms with Crippen LogP contribution in [0, 0.1) is 6.92 Å². The molecule has 0 unspecified atom stereocenters. The van der Waals surface area contributed by atoms with E-state index < -0.39 is 0 Å². The zero-order valence-electron chi connectivity index (χ0n) is 17.3. The van der Waals surface area contributed by atoms with Crippen molar-refractivity contribution in [2.45, 2.75) is 26.7 Å². The summed E-state index contributed by atoms with van der Waals surface area (Å²) in [7, 11) is 0. The normalized spacial score (nSPS) is 12.9. The van der Waals surface area contributed by atoms with Crippen molar-refractivity contribution in [2.75, 3.05) is 35.2 Å². The summed E-state index contributed by atoms with van der Waals surface area (Å²) < 4.78 is 5.51. The van der Waals surface area contributed by atoms with E-state index >= 15 is 0 Å². The number of benzene rings is 2. The van der Waals surface area contributed by atoms with Crippen LogP contribution < -0.4 is 20.3 Å². The molecule has 4 rings (SSSR count). The number of hydrogen-bond acceptors (Lipinski definition) is 7. The molecule has 0 saturated carbocycles. The summed E-state index contributed by atoms with van der Waals surface area (Å²) in [6.07, 6.45) is 2.32. The summed E-state index contributed by atoms with van der Waals surface area (Å²) in [6, 6.07) is 15.9. The van der Waals surface area contributed by atoms with Crippen LogP contribution in [-0.4, -0.2) is 34.6 Å². The predicted molar refractivity (Wildman–Crippen MR) is 124 cm³/mol. The fourth-order valence-corrected chi connectivity index (χ4v) is 3.32. The van der Waals surface area contributed by atoms with Crippen molar-refractivity contribution in [3.63, 3.8) is 0 Å². The molecule has 0 atom stereocenters. The van der Waals surface area contributed by atoms with E-state index in [0.29, 0.717) is 24.5 Å². The molecule has 1 aromatic heterocycles. The summed E-state index contributed by atoms with van der Waals surface area (Å²) in [4.78, 5) is 16.1. The smallest absolute Gasteiger partial charge is 0.233 e. The van der Waals surface area contributed by atoms with Gasteiger partial charge in [-0.3, -0.25) is 0 Å². The number of aromatic nitrogens is 3. The van der Waals surface area contributed by atoms with E-state index in [9.17, 15) is 0 Å². The Kier molecular flexibility index (Phi) is 7.30. The van der Waals surface area contributed by atoms with E-state index in [4.69, 9.17) is 4.74 Å². The molecular weight excluding hydrogens is 400 g/mol. The number of rotatable bonds is 7. The molecule has 1 saturated heterocycles. The number of nitrogens with one attached hydrogen (secondary N) is 2. The summed E-state index contributed by atoms with van der Waals surface area (Å²) >= 11 is 0. The van der Waals surface area contributed by atoms with Crippen molar-refractivity contribution in [2.24, 2.45) is 0 Å². The van der Waals surface area contributed by atoms with Crippen LogP contribution in [0.4, 0.5) is 29.2 Å². The molecule has 7 nitrogen and oxygen atoms in total. The molecule has 8 heteroatoms. The van der Waals surface area contributed by atoms with Gasteiger partial charge in [-0.25, -0.2) is 0 Å². The highest BCUT2D eigenvalue weighted by Gasteiger charge is 2.17. The van der Waals surface area contributed by atoms with Crippen LogP contribution in [0.3, 0.4) is 0 Å². The third-order valence-corrected chi connectivity index (χ3v) is 4.71. The molecule has 0 radical (unpaired) electrons. The van der Waals surface area contributed by atoms with Gasteiger partial charge in [-0.2, -0.15) is 15.0 Å². The Morgan fingerprint density at radius 3 is 2.20 bits per heavy atom. The Hall–Kier alpha value is -3.06. The van der Waals surface area contributed by atoms with E-state index in [0.717, 1.165) is 43.1 Å². The molecule has 0 spiro atoms. The Labute approximate surface area is 183 Å². The first-order valence-corrected chi connectivity index (χ1v) is 10.0. The largest absolute Gasteiger partial charge is 0.494 e. The maximum atomic E-state index is 5.51. The number of nitrogens with zero attached hydrogens (tertiary/aromatic N) is 4. The van der Waals surface area contributed by atoms with Crippen LogP contribution in [0.25, 0.3) is 0 Å². The summed E-state index contributed by atoms with van der Waals surface area (Å²) in [5.74, 6) is 2.58. The zero-order valence-corrected chi connectivity index (χ0v) is 18.1. The quantitative estimate of drug-likeness (QED) is 0.545. The molecule has 1 fully saturated rings. The number of ether oxygens (including phenoxy) is 1.